The number of ketones is 2. The zero-order chi connectivity index (χ0) is 88.3. The van der Waals surface area contributed by atoms with Crippen LogP contribution in [0, 0.1) is 107 Å². The second-order valence-corrected chi connectivity index (χ2v) is 29.8. The van der Waals surface area contributed by atoms with E-state index in [1.54, 1.807) is 34.9 Å². The number of nitrogens with zero attached hydrogens (tertiary/aromatic N) is 4. The molecule has 7 N–H and O–H groups in total. The second kappa shape index (κ2) is 67.8. The van der Waals surface area contributed by atoms with Crippen LogP contribution >= 0.6 is 0 Å². The van der Waals surface area contributed by atoms with E-state index >= 15 is 0 Å². The van der Waals surface area contributed by atoms with Gasteiger partial charge in [-0.15, -0.1) is 0 Å². The van der Waals surface area contributed by atoms with Crippen molar-refractivity contribution < 1.29 is 106 Å². The number of carbonyl (C=O) groups is 11. The molecule has 112 heavy (non-hydrogen) atoms. The van der Waals surface area contributed by atoms with Crippen LogP contribution < -0.4 is 11.5 Å². The van der Waals surface area contributed by atoms with E-state index in [1.165, 1.54) is 31.3 Å². The third-order valence-corrected chi connectivity index (χ3v) is 20.9. The lowest BCUT2D eigenvalue weighted by molar-refractivity contribution is -0.175. The van der Waals surface area contributed by atoms with Gasteiger partial charge in [0.2, 0.25) is 23.5 Å². The number of aliphatic carboxylic acids is 1. The summed E-state index contributed by atoms with van der Waals surface area (Å²) in [6, 6.07) is 17.5. The molecule has 0 aliphatic carbocycles. The van der Waals surface area contributed by atoms with E-state index in [1.807, 2.05) is 171 Å². The number of primary amides is 1. The number of benzene rings is 2. The third-order valence-electron chi connectivity index (χ3n) is 20.9. The normalized spacial score (nSPS) is 18.0. The van der Waals surface area contributed by atoms with E-state index in [9.17, 15) is 52.7 Å². The number of hydrogen-bond donors (Lipinski definition) is 5. The van der Waals surface area contributed by atoms with Crippen molar-refractivity contribution in [1.29, 1.82) is 0 Å². The molecule has 2 aromatic carbocycles. The Morgan fingerprint density at radius 3 is 1.23 bits per heavy atom. The van der Waals surface area contributed by atoms with Gasteiger partial charge in [-0.3, -0.25) is 62.4 Å². The first kappa shape index (κ1) is 115. The first-order chi connectivity index (χ1) is 52.1. The highest BCUT2D eigenvalue weighted by Crippen LogP contribution is 2.22. The zero-order valence-electron chi connectivity index (χ0n) is 73.6. The molecule has 1 unspecified atom stereocenters. The highest BCUT2D eigenvalue weighted by Gasteiger charge is 2.30. The van der Waals surface area contributed by atoms with Gasteiger partial charge in [-0.2, -0.15) is 4.79 Å². The molecule has 646 valence electrons. The fraction of sp³-hybridized carbons (Fsp3) is 0.718. The van der Waals surface area contributed by atoms with Crippen LogP contribution in [0.3, 0.4) is 0 Å². The van der Waals surface area contributed by atoms with Crippen molar-refractivity contribution in [2.45, 2.75) is 231 Å². The summed E-state index contributed by atoms with van der Waals surface area (Å²) >= 11 is 0. The maximum absolute atomic E-state index is 11.8. The molecule has 0 aromatic heterocycles. The molecule has 0 saturated carbocycles. The molecule has 2 aliphatic rings. The van der Waals surface area contributed by atoms with Gasteiger partial charge in [-0.25, -0.2) is 10.1 Å². The van der Waals surface area contributed by atoms with E-state index < -0.39 is 35.9 Å². The Hall–Kier alpha value is -7.65. The highest BCUT2D eigenvalue weighted by atomic mass is 16.7. The van der Waals surface area contributed by atoms with Crippen LogP contribution in [0.25, 0.3) is 5.53 Å². The molecule has 2 heterocycles. The molecule has 0 radical (unpaired) electrons. The minimum atomic E-state index is -1.03. The van der Waals surface area contributed by atoms with Gasteiger partial charge in [0.15, 0.2) is 5.78 Å². The number of ether oxygens (including phenoxy) is 5. The van der Waals surface area contributed by atoms with Gasteiger partial charge in [-0.1, -0.05) is 259 Å². The molecule has 2 aliphatic heterocycles. The molecular formula is C85H150N6O21. The van der Waals surface area contributed by atoms with Crippen LogP contribution in [0.15, 0.2) is 60.7 Å². The summed E-state index contributed by atoms with van der Waals surface area (Å²) in [5.41, 5.74) is 20.6. The largest absolute Gasteiger partial charge is 0.481 e. The smallest absolute Gasteiger partial charge is 0.323 e. The van der Waals surface area contributed by atoms with Crippen molar-refractivity contribution in [3.8, 4) is 0 Å². The van der Waals surface area contributed by atoms with Gasteiger partial charge in [0, 0.05) is 69.7 Å². The van der Waals surface area contributed by atoms with Crippen LogP contribution in [0.1, 0.15) is 223 Å². The molecule has 0 bridgehead atoms. The maximum atomic E-state index is 11.8. The van der Waals surface area contributed by atoms with Crippen molar-refractivity contribution in [3.63, 3.8) is 0 Å². The number of cyclic esters (lactones) is 1. The van der Waals surface area contributed by atoms with E-state index in [4.69, 9.17) is 60.9 Å². The summed E-state index contributed by atoms with van der Waals surface area (Å²) in [5.74, 6) is 0.392. The molecular weight excluding hydrogens is 1440 g/mol. The fourth-order valence-electron chi connectivity index (χ4n) is 8.38. The summed E-state index contributed by atoms with van der Waals surface area (Å²) in [6.07, 6.45) is 5.61. The summed E-state index contributed by atoms with van der Waals surface area (Å²) in [6.45, 7) is 50.8. The number of amides is 3. The predicted molar refractivity (Wildman–Crippen MR) is 436 cm³/mol. The Bertz CT molecular complexity index is 2890. The highest BCUT2D eigenvalue weighted by molar-refractivity contribution is 6.26. The van der Waals surface area contributed by atoms with Crippen molar-refractivity contribution in [1.82, 2.24) is 10.1 Å². The van der Waals surface area contributed by atoms with Crippen molar-refractivity contribution in [2.24, 2.45) is 118 Å². The number of nitrogens with two attached hydrogens (primary N) is 2. The summed E-state index contributed by atoms with van der Waals surface area (Å²) in [5, 5.41) is 28.3. The SMILES string of the molecule is CC(C)[C@@H](C)CO.CC1C(=O)COC[C@@H]1C.CC[C@H](C)[C@H](C)C(=O)C=[N+]=[N-].CC[C@H](C)[C@H](C)C(=O)N(C)OC.CC[C@H](C)[C@H](C)C(=O)O.CC[C@H](C)[C@H](C)C(=O)OC(C)=O.CC[C@H](C)[C@H](C)C(N)=O.CON(C)C(=O)[C@@H](C)[C@@H](C)CO.C[C@@H]1C(=O)OC[C@@H]1C.N[C@@H](CC(=O)OCc1ccccc1)C(=O)OCc1ccccc1. The molecule has 2 aromatic rings. The topological polar surface area (TPSA) is 408 Å². The number of carboxylic acids is 1. The number of aliphatic hydroxyl groups excluding tert-OH is 2. The summed E-state index contributed by atoms with van der Waals surface area (Å²) < 4.78 is 24.4. The molecule has 18 atom stereocenters. The summed E-state index contributed by atoms with van der Waals surface area (Å²) in [4.78, 5) is 133. The standard InChI is InChI=1S/C18H19NO4.C9H19NO2.C9H16O3.C8H14N2O.C8H17NO3.C7H15NO.C7H12O2.C7H14O2.C6H10O2.C6H14O/c19-16(18(21)23-13-15-9-5-2-6-10-15)11-17(20)22-12-14-7-3-1-4-8-14;1-6-7(2)8(3)9(11)10(4)12-5;1-5-6(2)7(3)9(11)12-8(4)10;1-4-6(2)7(3)8(11)5-10-9;1-6(5-10)7(2)8(11)9(3)12-4;1-4-5(2)6(3)7(8)9;1-5-3-9-4-7(8)6(5)2;1-4-5(2)6(3)7(8)9;1-4-3-8-6(7)5(4)2;1-5(2)6(3)4-7/h1-10,16H,11-13,19H2;7-8H,6H2,1-5H3;6-7H,5H2,1-4H3;5-7H,4H2,1-3H3;6-7,10H,5H2,1-4H3;5-6H,4H2,1-3H3,(H2,8,9);5-6H,3-4H2,1-2H3;5-6H,4H2,1-3H3,(H,8,9);4-5H,3H2,1-2H3;5-7H,4H2,1-3H3/t16-;7-,8-;3*6-,7-;5-,6-;5-,6?;5-,6-;4-,5-;6-/m0000000000/s1. The number of Topliss-reactive ketones (excluding diaryl/α,β-unsaturated/α-hetero) is 2. The van der Waals surface area contributed by atoms with Crippen LogP contribution in [-0.4, -0.2) is 169 Å². The molecule has 4 rings (SSSR count). The second-order valence-electron chi connectivity index (χ2n) is 29.8. The van der Waals surface area contributed by atoms with Gasteiger partial charge in [0.05, 0.1) is 51.6 Å². The molecule has 27 heteroatoms. The van der Waals surface area contributed by atoms with Crippen molar-refractivity contribution >= 4 is 71.3 Å². The van der Waals surface area contributed by atoms with Gasteiger partial charge >= 0.3 is 42.0 Å². The number of carboxylic acid groups (broad SMARTS) is 1. The van der Waals surface area contributed by atoms with Crippen molar-refractivity contribution in [3.05, 3.63) is 77.3 Å². The molecule has 3 amide bonds. The summed E-state index contributed by atoms with van der Waals surface area (Å²) in [7, 11) is 6.14. The van der Waals surface area contributed by atoms with Gasteiger partial charge < -0.3 is 56.0 Å². The number of carbonyl (C=O) groups excluding carboxylic acids is 10. The lowest BCUT2D eigenvalue weighted by atomic mass is 9.90. The average Bonchev–Trinajstić information content (AvgIpc) is 1.86. The van der Waals surface area contributed by atoms with E-state index in [0.717, 1.165) is 56.1 Å². The first-order valence-corrected chi connectivity index (χ1v) is 39.4. The van der Waals surface area contributed by atoms with Crippen LogP contribution in [0.5, 0.6) is 0 Å². The van der Waals surface area contributed by atoms with Crippen molar-refractivity contribution in [2.75, 3.05) is 61.3 Å². The number of esters is 5. The maximum Gasteiger partial charge on any atom is 0.323 e. The fourth-order valence-corrected chi connectivity index (χ4v) is 8.38. The third kappa shape index (κ3) is 54.9. The van der Waals surface area contributed by atoms with Crippen LogP contribution in [0.2, 0.25) is 0 Å². The van der Waals surface area contributed by atoms with Gasteiger partial charge in [0.1, 0.15) is 25.9 Å². The predicted octanol–water partition coefficient (Wildman–Crippen LogP) is 13.3. The number of hydrogen-bond acceptors (Lipinski definition) is 21. The first-order valence-electron chi connectivity index (χ1n) is 39.4. The van der Waals surface area contributed by atoms with E-state index in [2.05, 4.69) is 44.1 Å². The van der Waals surface area contributed by atoms with Crippen LogP contribution in [0.4, 0.5) is 0 Å². The lowest BCUT2D eigenvalue weighted by Crippen LogP contribution is -2.34. The Morgan fingerprint density at radius 2 is 0.938 bits per heavy atom. The quantitative estimate of drug-likeness (QED) is 0.00922. The lowest BCUT2D eigenvalue weighted by Gasteiger charge is -2.23. The number of hydroxylamine groups is 4. The minimum absolute atomic E-state index is 0.0183. The molecule has 2 fully saturated rings. The Balaban J connectivity index is -0.000000285. The number of aliphatic hydroxyl groups is 2. The minimum Gasteiger partial charge on any atom is -0.481 e. The van der Waals surface area contributed by atoms with Crippen LogP contribution in [-0.2, 0) is 99.3 Å². The Labute approximate surface area is 672 Å². The molecule has 27 nitrogen and oxygen atoms in total. The van der Waals surface area contributed by atoms with E-state index in [-0.39, 0.29) is 121 Å². The Kier molecular flexibility index (Phi) is 69.8. The van der Waals surface area contributed by atoms with E-state index in [0.29, 0.717) is 67.2 Å². The molecule has 0 spiro atoms. The van der Waals surface area contributed by atoms with Gasteiger partial charge in [0.25, 0.3) is 0 Å². The number of rotatable bonds is 30. The molecule has 2 saturated heterocycles. The Morgan fingerprint density at radius 1 is 0.554 bits per heavy atom. The monoisotopic (exact) mass is 1590 g/mol. The zero-order valence-corrected chi connectivity index (χ0v) is 73.6. The van der Waals surface area contributed by atoms with Gasteiger partial charge in [-0.05, 0) is 64.4 Å². The average molecular weight is 1590 g/mol.